The lowest BCUT2D eigenvalue weighted by Crippen LogP contribution is -2.64. The van der Waals surface area contributed by atoms with Crippen LogP contribution in [0.3, 0.4) is 0 Å². The Morgan fingerprint density at radius 1 is 1.40 bits per heavy atom. The second-order valence-corrected chi connectivity index (χ2v) is 5.59. The zero-order chi connectivity index (χ0) is 11.5. The minimum absolute atomic E-state index is 0.320. The number of hydrogen-bond donors (Lipinski definition) is 1. The first kappa shape index (κ1) is 13.0. The van der Waals surface area contributed by atoms with Crippen LogP contribution in [0.4, 0.5) is 0 Å². The van der Waals surface area contributed by atoms with Gasteiger partial charge in [-0.25, -0.2) is 0 Å². The number of nitrogens with one attached hydrogen (secondary N) is 1. The van der Waals surface area contributed by atoms with E-state index in [4.69, 9.17) is 0 Å². The average Bonchev–Trinajstić information content (AvgIpc) is 2.17. The molecule has 1 N–H and O–H groups in total. The van der Waals surface area contributed by atoms with Crippen molar-refractivity contribution in [2.24, 2.45) is 0 Å². The summed E-state index contributed by atoms with van der Waals surface area (Å²) in [6, 6.07) is 1.42. The van der Waals surface area contributed by atoms with Gasteiger partial charge in [0.2, 0.25) is 0 Å². The van der Waals surface area contributed by atoms with Crippen LogP contribution >= 0.6 is 0 Å². The van der Waals surface area contributed by atoms with E-state index in [1.54, 1.807) is 0 Å². The second kappa shape index (κ2) is 5.31. The summed E-state index contributed by atoms with van der Waals surface area (Å²) in [6.45, 7) is 14.0. The van der Waals surface area contributed by atoms with Gasteiger partial charge in [-0.1, -0.05) is 20.3 Å². The summed E-state index contributed by atoms with van der Waals surface area (Å²) >= 11 is 0. The van der Waals surface area contributed by atoms with E-state index in [0.717, 1.165) is 12.6 Å². The highest BCUT2D eigenvalue weighted by Gasteiger charge is 2.35. The van der Waals surface area contributed by atoms with Crippen molar-refractivity contribution in [1.29, 1.82) is 0 Å². The smallest absolute Gasteiger partial charge is 0.0281 e. The van der Waals surface area contributed by atoms with Gasteiger partial charge in [0.15, 0.2) is 0 Å². The van der Waals surface area contributed by atoms with E-state index in [2.05, 4.69) is 44.8 Å². The zero-order valence-electron chi connectivity index (χ0n) is 11.1. The van der Waals surface area contributed by atoms with Gasteiger partial charge < -0.3 is 5.32 Å². The van der Waals surface area contributed by atoms with Crippen LogP contribution in [0, 0.1) is 0 Å². The molecule has 0 radical (unpaired) electrons. The fraction of sp³-hybridized carbons (Fsp3) is 1.00. The minimum atomic E-state index is 0.320. The summed E-state index contributed by atoms with van der Waals surface area (Å²) in [4.78, 5) is 2.70. The van der Waals surface area contributed by atoms with Gasteiger partial charge in [-0.05, 0) is 33.6 Å². The van der Waals surface area contributed by atoms with E-state index in [0.29, 0.717) is 11.6 Å². The van der Waals surface area contributed by atoms with Crippen molar-refractivity contribution in [3.63, 3.8) is 0 Å². The van der Waals surface area contributed by atoms with Crippen molar-refractivity contribution >= 4 is 0 Å². The maximum Gasteiger partial charge on any atom is 0.0281 e. The number of hydrogen-bond acceptors (Lipinski definition) is 2. The lowest BCUT2D eigenvalue weighted by Gasteiger charge is -2.49. The molecule has 0 amide bonds. The van der Waals surface area contributed by atoms with Crippen molar-refractivity contribution in [1.82, 2.24) is 10.2 Å². The third kappa shape index (κ3) is 3.18. The summed E-state index contributed by atoms with van der Waals surface area (Å²) in [5.41, 5.74) is 0.320. The number of rotatable bonds is 4. The molecule has 1 aliphatic rings. The van der Waals surface area contributed by atoms with Gasteiger partial charge in [0, 0.05) is 30.7 Å². The molecule has 1 saturated heterocycles. The van der Waals surface area contributed by atoms with Crippen LogP contribution in [0.25, 0.3) is 0 Å². The predicted molar refractivity (Wildman–Crippen MR) is 67.2 cm³/mol. The Kier molecular flexibility index (Phi) is 4.60. The molecule has 0 aromatic carbocycles. The lowest BCUT2D eigenvalue weighted by atomic mass is 9.93. The number of piperazine rings is 1. The molecule has 0 spiro atoms. The van der Waals surface area contributed by atoms with Crippen LogP contribution in [0.2, 0.25) is 0 Å². The molecule has 2 unspecified atom stereocenters. The van der Waals surface area contributed by atoms with Crippen LogP contribution in [-0.4, -0.2) is 35.6 Å². The normalized spacial score (nSPS) is 29.0. The summed E-state index contributed by atoms with van der Waals surface area (Å²) in [5, 5.41) is 3.64. The fourth-order valence-corrected chi connectivity index (χ4v) is 2.67. The van der Waals surface area contributed by atoms with Gasteiger partial charge in [0.05, 0.1) is 0 Å². The molecule has 1 heterocycles. The third-order valence-corrected chi connectivity index (χ3v) is 3.75. The van der Waals surface area contributed by atoms with Gasteiger partial charge in [-0.3, -0.25) is 4.90 Å². The Morgan fingerprint density at radius 2 is 2.07 bits per heavy atom. The Hall–Kier alpha value is -0.0800. The zero-order valence-corrected chi connectivity index (χ0v) is 11.1. The van der Waals surface area contributed by atoms with Gasteiger partial charge in [0.25, 0.3) is 0 Å². The van der Waals surface area contributed by atoms with Crippen LogP contribution in [0.1, 0.15) is 53.9 Å². The summed E-state index contributed by atoms with van der Waals surface area (Å²) in [5.74, 6) is 0. The third-order valence-electron chi connectivity index (χ3n) is 3.75. The van der Waals surface area contributed by atoms with Crippen molar-refractivity contribution in [2.45, 2.75) is 71.5 Å². The molecule has 0 aromatic heterocycles. The molecule has 1 rings (SSSR count). The molecule has 0 bridgehead atoms. The van der Waals surface area contributed by atoms with Crippen LogP contribution in [0.15, 0.2) is 0 Å². The first-order valence-corrected chi connectivity index (χ1v) is 6.51. The van der Waals surface area contributed by atoms with Gasteiger partial charge in [0.1, 0.15) is 0 Å². The SMILES string of the molecule is CCCC(C)N1CC(CC)NCC1(C)C. The van der Waals surface area contributed by atoms with Gasteiger partial charge in [-0.2, -0.15) is 0 Å². The standard InChI is InChI=1S/C13H28N2/c1-6-8-11(3)15-9-12(7-2)14-10-13(15,4)5/h11-12,14H,6-10H2,1-5H3. The van der Waals surface area contributed by atoms with E-state index in [1.807, 2.05) is 0 Å². The number of nitrogens with zero attached hydrogens (tertiary/aromatic N) is 1. The van der Waals surface area contributed by atoms with E-state index >= 15 is 0 Å². The second-order valence-electron chi connectivity index (χ2n) is 5.59. The molecule has 1 aliphatic heterocycles. The predicted octanol–water partition coefficient (Wildman–Crippen LogP) is 2.64. The first-order chi connectivity index (χ1) is 7.01. The maximum atomic E-state index is 3.64. The fourth-order valence-electron chi connectivity index (χ4n) is 2.67. The van der Waals surface area contributed by atoms with Crippen molar-refractivity contribution in [3.05, 3.63) is 0 Å². The Balaban J connectivity index is 2.63. The van der Waals surface area contributed by atoms with E-state index in [-0.39, 0.29) is 0 Å². The molecule has 2 atom stereocenters. The Labute approximate surface area is 95.4 Å². The largest absolute Gasteiger partial charge is 0.311 e. The molecule has 1 fully saturated rings. The van der Waals surface area contributed by atoms with Gasteiger partial charge >= 0.3 is 0 Å². The highest BCUT2D eigenvalue weighted by Crippen LogP contribution is 2.24. The molecule has 0 aromatic rings. The van der Waals surface area contributed by atoms with Crippen molar-refractivity contribution < 1.29 is 0 Å². The Morgan fingerprint density at radius 3 is 2.60 bits per heavy atom. The molecule has 2 nitrogen and oxygen atoms in total. The monoisotopic (exact) mass is 212 g/mol. The van der Waals surface area contributed by atoms with E-state index < -0.39 is 0 Å². The lowest BCUT2D eigenvalue weighted by molar-refractivity contribution is 0.0273. The van der Waals surface area contributed by atoms with Gasteiger partial charge in [-0.15, -0.1) is 0 Å². The van der Waals surface area contributed by atoms with Crippen LogP contribution in [-0.2, 0) is 0 Å². The summed E-state index contributed by atoms with van der Waals surface area (Å²) in [7, 11) is 0. The molecule has 90 valence electrons. The molecular weight excluding hydrogens is 184 g/mol. The van der Waals surface area contributed by atoms with Crippen LogP contribution in [0.5, 0.6) is 0 Å². The van der Waals surface area contributed by atoms with E-state index in [1.165, 1.54) is 25.8 Å². The van der Waals surface area contributed by atoms with E-state index in [9.17, 15) is 0 Å². The first-order valence-electron chi connectivity index (χ1n) is 6.51. The highest BCUT2D eigenvalue weighted by atomic mass is 15.3. The Bertz CT molecular complexity index is 189. The molecule has 0 saturated carbocycles. The maximum absolute atomic E-state index is 3.64. The van der Waals surface area contributed by atoms with Crippen molar-refractivity contribution in [3.8, 4) is 0 Å². The quantitative estimate of drug-likeness (QED) is 0.770. The summed E-state index contributed by atoms with van der Waals surface area (Å²) < 4.78 is 0. The van der Waals surface area contributed by atoms with Crippen molar-refractivity contribution in [2.75, 3.05) is 13.1 Å². The molecule has 15 heavy (non-hydrogen) atoms. The molecule has 0 aliphatic carbocycles. The minimum Gasteiger partial charge on any atom is -0.311 e. The summed E-state index contributed by atoms with van der Waals surface area (Å²) in [6.07, 6.45) is 3.85. The highest BCUT2D eigenvalue weighted by molar-refractivity contribution is 4.94. The van der Waals surface area contributed by atoms with Crippen LogP contribution < -0.4 is 5.32 Å². The average molecular weight is 212 g/mol. The molecule has 2 heteroatoms. The molecular formula is C13H28N2. The topological polar surface area (TPSA) is 15.3 Å².